The van der Waals surface area contributed by atoms with Gasteiger partial charge in [-0.25, -0.2) is 13.2 Å². The zero-order valence-electron chi connectivity index (χ0n) is 11.3. The summed E-state index contributed by atoms with van der Waals surface area (Å²) in [7, 11) is -2.43. The van der Waals surface area contributed by atoms with Crippen LogP contribution in [0.1, 0.15) is 12.8 Å². The van der Waals surface area contributed by atoms with Crippen LogP contribution < -0.4 is 10.0 Å². The summed E-state index contributed by atoms with van der Waals surface area (Å²) in [5, 5.41) is 10.9. The van der Waals surface area contributed by atoms with E-state index >= 15 is 0 Å². The van der Waals surface area contributed by atoms with E-state index in [1.165, 1.54) is 19.2 Å². The number of nitrogens with one attached hydrogen (secondary N) is 2. The van der Waals surface area contributed by atoms with Gasteiger partial charge in [0.05, 0.1) is 18.6 Å². The number of methoxy groups -OCH3 is 1. The molecule has 1 aromatic rings. The number of carbonyl (C=O) groups excluding carboxylic acids is 1. The summed E-state index contributed by atoms with van der Waals surface area (Å²) >= 11 is 0. The minimum Gasteiger partial charge on any atom is -0.481 e. The molecule has 0 unspecified atom stereocenters. The van der Waals surface area contributed by atoms with E-state index in [4.69, 9.17) is 5.11 Å². The number of rotatable bonds is 7. The summed E-state index contributed by atoms with van der Waals surface area (Å²) in [5.41, 5.74) is 0.631. The third-order valence-electron chi connectivity index (χ3n) is 2.37. The second-order valence-electron chi connectivity index (χ2n) is 4.12. The number of aliphatic carboxylic acids is 1. The highest BCUT2D eigenvalue weighted by Gasteiger charge is 2.12. The molecule has 0 saturated carbocycles. The molecule has 0 aliphatic carbocycles. The van der Waals surface area contributed by atoms with E-state index in [1.54, 1.807) is 12.1 Å². The number of hydrogen-bond acceptors (Lipinski definition) is 5. The molecule has 3 N–H and O–H groups in total. The predicted octanol–water partition coefficient (Wildman–Crippen LogP) is 1.47. The first-order chi connectivity index (χ1) is 9.82. The summed E-state index contributed by atoms with van der Waals surface area (Å²) < 4.78 is 30.2. The number of sulfonamides is 1. The van der Waals surface area contributed by atoms with Crippen molar-refractivity contribution in [3.05, 3.63) is 24.3 Å². The van der Waals surface area contributed by atoms with E-state index in [2.05, 4.69) is 14.8 Å². The van der Waals surface area contributed by atoms with E-state index < -0.39 is 22.1 Å². The maximum Gasteiger partial charge on any atom is 0.411 e. The summed E-state index contributed by atoms with van der Waals surface area (Å²) in [6.45, 7) is 0. The van der Waals surface area contributed by atoms with Gasteiger partial charge in [0, 0.05) is 12.1 Å². The highest BCUT2D eigenvalue weighted by molar-refractivity contribution is 7.92. The van der Waals surface area contributed by atoms with Crippen LogP contribution in [0.15, 0.2) is 24.3 Å². The lowest BCUT2D eigenvalue weighted by Crippen LogP contribution is -2.17. The van der Waals surface area contributed by atoms with E-state index in [9.17, 15) is 18.0 Å². The monoisotopic (exact) mass is 316 g/mol. The lowest BCUT2D eigenvalue weighted by atomic mass is 10.3. The minimum atomic E-state index is -3.64. The normalized spacial score (nSPS) is 10.7. The maximum absolute atomic E-state index is 11.8. The SMILES string of the molecule is COC(=O)Nc1cccc(NS(=O)(=O)CCCC(=O)O)c1. The Morgan fingerprint density at radius 1 is 1.29 bits per heavy atom. The zero-order valence-corrected chi connectivity index (χ0v) is 12.1. The van der Waals surface area contributed by atoms with Gasteiger partial charge in [0.15, 0.2) is 0 Å². The molecule has 0 spiro atoms. The summed E-state index contributed by atoms with van der Waals surface area (Å²) in [6, 6.07) is 6.06. The largest absolute Gasteiger partial charge is 0.481 e. The molecule has 0 aliphatic rings. The summed E-state index contributed by atoms with van der Waals surface area (Å²) in [4.78, 5) is 21.4. The van der Waals surface area contributed by atoms with Gasteiger partial charge in [0.2, 0.25) is 10.0 Å². The molecule has 0 atom stereocenters. The van der Waals surface area contributed by atoms with Crippen molar-refractivity contribution in [2.45, 2.75) is 12.8 Å². The molecule has 1 amide bonds. The molecule has 0 bridgehead atoms. The standard InChI is InChI=1S/C12H16N2O6S/c1-20-12(17)13-9-4-2-5-10(8-9)14-21(18,19)7-3-6-11(15)16/h2,4-5,8,14H,3,6-7H2,1H3,(H,13,17)(H,15,16). The van der Waals surface area contributed by atoms with Crippen LogP contribution in [0.3, 0.4) is 0 Å². The number of amides is 1. The molecular formula is C12H16N2O6S. The Labute approximate surface area is 122 Å². The number of carboxylic acids is 1. The van der Waals surface area contributed by atoms with Gasteiger partial charge in [0.25, 0.3) is 0 Å². The molecule has 0 aromatic heterocycles. The van der Waals surface area contributed by atoms with Crippen LogP contribution >= 0.6 is 0 Å². The number of ether oxygens (including phenoxy) is 1. The van der Waals surface area contributed by atoms with Crippen molar-refractivity contribution in [2.24, 2.45) is 0 Å². The van der Waals surface area contributed by atoms with Crippen molar-refractivity contribution in [1.82, 2.24) is 0 Å². The molecule has 0 aliphatic heterocycles. The molecule has 0 fully saturated rings. The van der Waals surface area contributed by atoms with Crippen LogP contribution in [0.4, 0.5) is 16.2 Å². The first kappa shape index (κ1) is 16.8. The average molecular weight is 316 g/mol. The van der Waals surface area contributed by atoms with Crippen LogP contribution in [-0.4, -0.2) is 38.4 Å². The van der Waals surface area contributed by atoms with Crippen molar-refractivity contribution in [2.75, 3.05) is 22.9 Å². The van der Waals surface area contributed by atoms with Crippen LogP contribution in [0.5, 0.6) is 0 Å². The highest BCUT2D eigenvalue weighted by Crippen LogP contribution is 2.17. The Bertz CT molecular complexity index is 614. The van der Waals surface area contributed by atoms with Crippen molar-refractivity contribution < 1.29 is 27.9 Å². The molecule has 0 radical (unpaired) electrons. The lowest BCUT2D eigenvalue weighted by Gasteiger charge is -2.09. The Kier molecular flexibility index (Phi) is 5.97. The molecule has 21 heavy (non-hydrogen) atoms. The van der Waals surface area contributed by atoms with Gasteiger partial charge in [-0.15, -0.1) is 0 Å². The predicted molar refractivity (Wildman–Crippen MR) is 76.7 cm³/mol. The first-order valence-electron chi connectivity index (χ1n) is 6.00. The molecule has 9 heteroatoms. The van der Waals surface area contributed by atoms with Gasteiger partial charge in [-0.05, 0) is 24.6 Å². The van der Waals surface area contributed by atoms with Crippen LogP contribution in [0.25, 0.3) is 0 Å². The highest BCUT2D eigenvalue weighted by atomic mass is 32.2. The molecular weight excluding hydrogens is 300 g/mol. The fourth-order valence-electron chi connectivity index (χ4n) is 1.47. The fraction of sp³-hybridized carbons (Fsp3) is 0.333. The van der Waals surface area contributed by atoms with Crippen LogP contribution in [0, 0.1) is 0 Å². The third-order valence-corrected chi connectivity index (χ3v) is 3.74. The fourth-order valence-corrected chi connectivity index (χ4v) is 2.59. The number of anilines is 2. The molecule has 1 aromatic carbocycles. The van der Waals surface area contributed by atoms with Gasteiger partial charge in [-0.2, -0.15) is 0 Å². The van der Waals surface area contributed by atoms with Crippen molar-refractivity contribution in [3.63, 3.8) is 0 Å². The molecule has 0 saturated heterocycles. The Morgan fingerprint density at radius 2 is 1.95 bits per heavy atom. The Balaban J connectivity index is 2.67. The minimum absolute atomic E-state index is 0.0186. The number of benzene rings is 1. The van der Waals surface area contributed by atoms with Gasteiger partial charge < -0.3 is 9.84 Å². The Morgan fingerprint density at radius 3 is 2.57 bits per heavy atom. The van der Waals surface area contributed by atoms with Crippen LogP contribution in [-0.2, 0) is 19.6 Å². The maximum atomic E-state index is 11.8. The topological polar surface area (TPSA) is 122 Å². The van der Waals surface area contributed by atoms with Gasteiger partial charge in [-0.1, -0.05) is 6.07 Å². The van der Waals surface area contributed by atoms with E-state index in [0.29, 0.717) is 5.69 Å². The van der Waals surface area contributed by atoms with Gasteiger partial charge in [0.1, 0.15) is 0 Å². The second-order valence-corrected chi connectivity index (χ2v) is 5.96. The smallest absolute Gasteiger partial charge is 0.411 e. The lowest BCUT2D eigenvalue weighted by molar-refractivity contribution is -0.137. The van der Waals surface area contributed by atoms with Gasteiger partial charge >= 0.3 is 12.1 Å². The van der Waals surface area contributed by atoms with E-state index in [-0.39, 0.29) is 24.3 Å². The van der Waals surface area contributed by atoms with Crippen molar-refractivity contribution >= 4 is 33.5 Å². The molecule has 0 heterocycles. The first-order valence-corrected chi connectivity index (χ1v) is 7.65. The third kappa shape index (κ3) is 6.61. The summed E-state index contributed by atoms with van der Waals surface area (Å²) in [6.07, 6.45) is -0.869. The van der Waals surface area contributed by atoms with E-state index in [1.807, 2.05) is 0 Å². The molecule has 8 nitrogen and oxygen atoms in total. The molecule has 116 valence electrons. The van der Waals surface area contributed by atoms with Crippen LogP contribution in [0.2, 0.25) is 0 Å². The number of carbonyl (C=O) groups is 2. The van der Waals surface area contributed by atoms with E-state index in [0.717, 1.165) is 0 Å². The number of carboxylic acid groups (broad SMARTS) is 1. The Hall–Kier alpha value is -2.29. The second kappa shape index (κ2) is 7.48. The summed E-state index contributed by atoms with van der Waals surface area (Å²) in [5.74, 6) is -1.34. The van der Waals surface area contributed by atoms with Crippen molar-refractivity contribution in [1.29, 1.82) is 0 Å². The molecule has 1 rings (SSSR count). The quantitative estimate of drug-likeness (QED) is 0.700. The van der Waals surface area contributed by atoms with Gasteiger partial charge in [-0.3, -0.25) is 14.8 Å². The van der Waals surface area contributed by atoms with Crippen molar-refractivity contribution in [3.8, 4) is 0 Å². The number of hydrogen-bond donors (Lipinski definition) is 3. The zero-order chi connectivity index (χ0) is 15.9. The average Bonchev–Trinajstić information content (AvgIpc) is 2.37.